The molecule has 156 valence electrons. The van der Waals surface area contributed by atoms with Crippen LogP contribution >= 0.6 is 0 Å². The Kier molecular flexibility index (Phi) is 5.58. The summed E-state index contributed by atoms with van der Waals surface area (Å²) in [6, 6.07) is 9.92. The van der Waals surface area contributed by atoms with E-state index in [4.69, 9.17) is 0 Å². The highest BCUT2D eigenvalue weighted by molar-refractivity contribution is 6.07. The minimum Gasteiger partial charge on any atom is -0.341 e. The zero-order valence-electron chi connectivity index (χ0n) is 17.1. The molecule has 0 saturated carbocycles. The van der Waals surface area contributed by atoms with Crippen molar-refractivity contribution in [1.82, 2.24) is 20.0 Å². The molecule has 4 amide bonds. The van der Waals surface area contributed by atoms with Crippen molar-refractivity contribution in [3.8, 4) is 0 Å². The van der Waals surface area contributed by atoms with E-state index in [0.29, 0.717) is 38.8 Å². The maximum atomic E-state index is 13.2. The minimum absolute atomic E-state index is 0.0843. The molecule has 1 spiro atoms. The monoisotopic (exact) mass is 398 g/mol. The van der Waals surface area contributed by atoms with Crippen LogP contribution in [0.5, 0.6) is 0 Å². The third-order valence-corrected chi connectivity index (χ3v) is 6.65. The predicted molar refractivity (Wildman–Crippen MR) is 109 cm³/mol. The smallest absolute Gasteiger partial charge is 0.325 e. The minimum atomic E-state index is -0.761. The summed E-state index contributed by atoms with van der Waals surface area (Å²) in [5.41, 5.74) is 0.555. The molecule has 7 heteroatoms. The highest BCUT2D eigenvalue weighted by Gasteiger charge is 2.54. The number of carbonyl (C=O) groups excluding carboxylic acids is 3. The van der Waals surface area contributed by atoms with E-state index in [2.05, 4.69) is 34.5 Å². The molecule has 3 aliphatic rings. The number of carbonyl (C=O) groups is 3. The van der Waals surface area contributed by atoms with Gasteiger partial charge in [-0.2, -0.15) is 0 Å². The maximum Gasteiger partial charge on any atom is 0.325 e. The molecule has 29 heavy (non-hydrogen) atoms. The Hall–Kier alpha value is -2.41. The molecule has 3 aliphatic heterocycles. The van der Waals surface area contributed by atoms with Gasteiger partial charge in [-0.15, -0.1) is 0 Å². The van der Waals surface area contributed by atoms with Crippen LogP contribution in [0.25, 0.3) is 0 Å². The van der Waals surface area contributed by atoms with Crippen LogP contribution in [-0.2, 0) is 16.0 Å². The molecule has 3 saturated heterocycles. The van der Waals surface area contributed by atoms with Crippen molar-refractivity contribution in [1.29, 1.82) is 0 Å². The maximum absolute atomic E-state index is 13.2. The van der Waals surface area contributed by atoms with Gasteiger partial charge in [0.15, 0.2) is 0 Å². The van der Waals surface area contributed by atoms with E-state index in [1.54, 1.807) is 4.90 Å². The summed E-state index contributed by atoms with van der Waals surface area (Å²) < 4.78 is 0. The van der Waals surface area contributed by atoms with Crippen LogP contribution in [0.15, 0.2) is 30.3 Å². The van der Waals surface area contributed by atoms with Crippen molar-refractivity contribution in [3.63, 3.8) is 0 Å². The van der Waals surface area contributed by atoms with Crippen molar-refractivity contribution in [2.24, 2.45) is 0 Å². The van der Waals surface area contributed by atoms with Crippen LogP contribution in [-0.4, -0.2) is 76.8 Å². The van der Waals surface area contributed by atoms with Crippen molar-refractivity contribution >= 4 is 17.8 Å². The lowest BCUT2D eigenvalue weighted by Crippen LogP contribution is -2.55. The first-order chi connectivity index (χ1) is 14.0. The molecule has 0 aromatic heterocycles. The standard InChI is InChI=1S/C22H30N4O3/c1-2-19(27)25-13-9-18(16-25)26-20(28)22(23-21(26)29)10-14-24(15-11-22)12-8-17-6-4-3-5-7-17/h3-7,18H,2,8-16H2,1H3,(H,23,29)/t18-/m1/s1. The average molecular weight is 399 g/mol. The number of hydrogen-bond acceptors (Lipinski definition) is 4. The fourth-order valence-electron chi connectivity index (χ4n) is 4.80. The fourth-order valence-corrected chi connectivity index (χ4v) is 4.80. The second-order valence-electron chi connectivity index (χ2n) is 8.40. The summed E-state index contributed by atoms with van der Waals surface area (Å²) >= 11 is 0. The topological polar surface area (TPSA) is 73.0 Å². The van der Waals surface area contributed by atoms with Crippen molar-refractivity contribution in [3.05, 3.63) is 35.9 Å². The molecular formula is C22H30N4O3. The molecule has 0 aliphatic carbocycles. The van der Waals surface area contributed by atoms with E-state index >= 15 is 0 Å². The molecule has 7 nitrogen and oxygen atoms in total. The quantitative estimate of drug-likeness (QED) is 0.765. The van der Waals surface area contributed by atoms with Crippen LogP contribution in [0.4, 0.5) is 4.79 Å². The van der Waals surface area contributed by atoms with Gasteiger partial charge in [0.25, 0.3) is 5.91 Å². The normalized spacial score (nSPS) is 24.4. The number of rotatable bonds is 5. The van der Waals surface area contributed by atoms with Gasteiger partial charge < -0.3 is 15.1 Å². The van der Waals surface area contributed by atoms with E-state index < -0.39 is 5.54 Å². The summed E-state index contributed by atoms with van der Waals surface area (Å²) in [6.07, 6.45) is 3.41. The summed E-state index contributed by atoms with van der Waals surface area (Å²) in [4.78, 5) is 43.4. The molecule has 0 bridgehead atoms. The van der Waals surface area contributed by atoms with E-state index in [9.17, 15) is 14.4 Å². The largest absolute Gasteiger partial charge is 0.341 e. The number of amides is 4. The van der Waals surface area contributed by atoms with Crippen LogP contribution in [0, 0.1) is 0 Å². The summed E-state index contributed by atoms with van der Waals surface area (Å²) in [6.45, 7) is 5.49. The first-order valence-corrected chi connectivity index (χ1v) is 10.7. The lowest BCUT2D eigenvalue weighted by atomic mass is 9.87. The molecule has 4 rings (SSSR count). The number of imide groups is 1. The van der Waals surface area contributed by atoms with Gasteiger partial charge in [-0.05, 0) is 31.2 Å². The van der Waals surface area contributed by atoms with Gasteiger partial charge in [0.1, 0.15) is 5.54 Å². The molecule has 1 N–H and O–H groups in total. The molecule has 0 radical (unpaired) electrons. The lowest BCUT2D eigenvalue weighted by molar-refractivity contribution is -0.135. The van der Waals surface area contributed by atoms with Gasteiger partial charge in [-0.3, -0.25) is 14.5 Å². The van der Waals surface area contributed by atoms with Gasteiger partial charge in [0, 0.05) is 39.1 Å². The van der Waals surface area contributed by atoms with Gasteiger partial charge >= 0.3 is 6.03 Å². The van der Waals surface area contributed by atoms with Gasteiger partial charge in [0.2, 0.25) is 5.91 Å². The zero-order valence-corrected chi connectivity index (χ0v) is 17.1. The molecule has 1 atom stereocenters. The van der Waals surface area contributed by atoms with E-state index in [0.717, 1.165) is 26.1 Å². The number of likely N-dealkylation sites (tertiary alicyclic amines) is 2. The van der Waals surface area contributed by atoms with Crippen LogP contribution in [0.1, 0.15) is 38.2 Å². The van der Waals surface area contributed by atoms with Gasteiger partial charge in [0.05, 0.1) is 6.04 Å². The molecule has 0 unspecified atom stereocenters. The first-order valence-electron chi connectivity index (χ1n) is 10.7. The molecule has 3 fully saturated rings. The zero-order chi connectivity index (χ0) is 20.4. The summed E-state index contributed by atoms with van der Waals surface area (Å²) in [5, 5.41) is 3.01. The number of urea groups is 1. The van der Waals surface area contributed by atoms with Crippen molar-refractivity contribution < 1.29 is 14.4 Å². The summed E-state index contributed by atoms with van der Waals surface area (Å²) in [7, 11) is 0. The second-order valence-corrected chi connectivity index (χ2v) is 8.40. The number of piperidine rings is 1. The predicted octanol–water partition coefficient (Wildman–Crippen LogP) is 1.63. The second kappa shape index (κ2) is 8.14. The number of nitrogens with one attached hydrogen (secondary N) is 1. The highest BCUT2D eigenvalue weighted by Crippen LogP contribution is 2.32. The number of benzene rings is 1. The van der Waals surface area contributed by atoms with Crippen LogP contribution in [0.2, 0.25) is 0 Å². The first kappa shape index (κ1) is 19.9. The molecular weight excluding hydrogens is 368 g/mol. The Balaban J connectivity index is 1.34. The lowest BCUT2D eigenvalue weighted by Gasteiger charge is -2.37. The average Bonchev–Trinajstić information content (AvgIpc) is 3.31. The SMILES string of the molecule is CCC(=O)N1CC[C@@H](N2C(=O)NC3(CCN(CCc4ccccc4)CC3)C2=O)C1. The third-order valence-electron chi connectivity index (χ3n) is 6.65. The third kappa shape index (κ3) is 3.88. The Morgan fingerprint density at radius 3 is 2.55 bits per heavy atom. The summed E-state index contributed by atoms with van der Waals surface area (Å²) in [5.74, 6) is -0.0120. The Bertz CT molecular complexity index is 774. The molecule has 3 heterocycles. The van der Waals surface area contributed by atoms with Crippen molar-refractivity contribution in [2.45, 2.75) is 50.6 Å². The Morgan fingerprint density at radius 1 is 1.14 bits per heavy atom. The van der Waals surface area contributed by atoms with Crippen LogP contribution in [0.3, 0.4) is 0 Å². The van der Waals surface area contributed by atoms with Gasteiger partial charge in [-0.1, -0.05) is 37.3 Å². The Morgan fingerprint density at radius 2 is 1.86 bits per heavy atom. The van der Waals surface area contributed by atoms with E-state index in [1.165, 1.54) is 10.5 Å². The van der Waals surface area contributed by atoms with E-state index in [1.807, 2.05) is 13.0 Å². The Labute approximate surface area is 172 Å². The molecule has 1 aromatic rings. The molecule has 1 aromatic carbocycles. The van der Waals surface area contributed by atoms with E-state index in [-0.39, 0.29) is 23.9 Å². The number of hydrogen-bond donors (Lipinski definition) is 1. The van der Waals surface area contributed by atoms with Gasteiger partial charge in [-0.25, -0.2) is 4.79 Å². The number of nitrogens with zero attached hydrogens (tertiary/aromatic N) is 3. The fraction of sp³-hybridized carbons (Fsp3) is 0.591. The van der Waals surface area contributed by atoms with Crippen LogP contribution < -0.4 is 5.32 Å². The van der Waals surface area contributed by atoms with Crippen molar-refractivity contribution in [2.75, 3.05) is 32.7 Å². The highest BCUT2D eigenvalue weighted by atomic mass is 16.2.